The van der Waals surface area contributed by atoms with E-state index in [2.05, 4.69) is 46.0 Å². The minimum Gasteiger partial charge on any atom is -0.462 e. The van der Waals surface area contributed by atoms with E-state index in [0.717, 1.165) is 94.7 Å². The van der Waals surface area contributed by atoms with Crippen molar-refractivity contribution in [2.45, 2.75) is 163 Å². The number of nitrogens with one attached hydrogen (secondary N) is 1. The lowest BCUT2D eigenvalue weighted by atomic mass is 9.45. The van der Waals surface area contributed by atoms with E-state index in [1.807, 2.05) is 4.90 Å². The third-order valence-electron chi connectivity index (χ3n) is 13.9. The maximum atomic E-state index is 13.1. The quantitative estimate of drug-likeness (QED) is 0.0595. The Bertz CT molecular complexity index is 1080. The number of fused-ring (bicyclic) bond motifs is 5. The first-order valence-electron chi connectivity index (χ1n) is 21.3. The number of hydrogen-bond acceptors (Lipinski definition) is 6. The largest absolute Gasteiger partial charge is 0.462 e. The minimum atomic E-state index is -0.0829. The Morgan fingerprint density at radius 3 is 2.36 bits per heavy atom. The number of ether oxygens (including phenoxy) is 1. The van der Waals surface area contributed by atoms with Crippen molar-refractivity contribution in [2.24, 2.45) is 57.8 Å². The fraction of sp³-hybridized carbons (Fsp3) is 0.907. The van der Waals surface area contributed by atoms with Gasteiger partial charge in [-0.15, -0.1) is 0 Å². The predicted octanol–water partition coefficient (Wildman–Crippen LogP) is 8.40. The van der Waals surface area contributed by atoms with Gasteiger partial charge in [-0.2, -0.15) is 0 Å². The first kappa shape index (κ1) is 41.3. The van der Waals surface area contributed by atoms with Crippen molar-refractivity contribution in [2.75, 3.05) is 39.3 Å². The molecule has 3 saturated carbocycles. The second-order valence-corrected chi connectivity index (χ2v) is 18.0. The number of rotatable bonds is 22. The van der Waals surface area contributed by atoms with E-state index < -0.39 is 0 Å². The molecule has 4 rings (SSSR count). The van der Waals surface area contributed by atoms with Gasteiger partial charge in [0.25, 0.3) is 0 Å². The Kier molecular flexibility index (Phi) is 16.6. The van der Waals surface area contributed by atoms with Crippen LogP contribution < -0.4 is 16.8 Å². The Hall–Kier alpha value is -1.44. The van der Waals surface area contributed by atoms with E-state index in [9.17, 15) is 9.59 Å². The van der Waals surface area contributed by atoms with E-state index in [0.29, 0.717) is 56.1 Å². The van der Waals surface area contributed by atoms with Crippen LogP contribution in [0.2, 0.25) is 0 Å². The molecule has 1 amide bonds. The summed E-state index contributed by atoms with van der Waals surface area (Å²) >= 11 is 0. The number of amides is 1. The van der Waals surface area contributed by atoms with Crippen molar-refractivity contribution in [1.82, 2.24) is 10.2 Å². The monoisotopic (exact) mass is 699 g/mol. The van der Waals surface area contributed by atoms with Crippen LogP contribution in [0.1, 0.15) is 157 Å². The molecule has 0 aromatic rings. The van der Waals surface area contributed by atoms with Crippen LogP contribution in [0.15, 0.2) is 11.6 Å². The molecule has 0 aliphatic heterocycles. The van der Waals surface area contributed by atoms with Crippen LogP contribution in [0.3, 0.4) is 0 Å². The van der Waals surface area contributed by atoms with E-state index >= 15 is 0 Å². The van der Waals surface area contributed by atoms with E-state index in [1.54, 1.807) is 5.57 Å². The van der Waals surface area contributed by atoms with Gasteiger partial charge in [0, 0.05) is 32.4 Å². The van der Waals surface area contributed by atoms with Gasteiger partial charge in [-0.25, -0.2) is 0 Å². The zero-order valence-electron chi connectivity index (χ0n) is 33.1. The normalized spacial score (nSPS) is 31.0. The molecule has 0 saturated heterocycles. The fourth-order valence-corrected chi connectivity index (χ4v) is 10.9. The van der Waals surface area contributed by atoms with Crippen LogP contribution in [0.4, 0.5) is 0 Å². The molecule has 0 spiro atoms. The molecule has 5 N–H and O–H groups in total. The standard InChI is InChI=1S/C43H78N4O3/c1-32(2)14-10-15-33(3)36-31-34-30-35(19-23-43(34,5)38-20-22-42(4)21-11-16-37(42)41(36)38)50-40(49)18-7-6-17-39(48)47(29-13-25-45)28-9-8-26-46-27-12-24-44/h31-33,35-38,41,46H,6-30,44-45H2,1-5H3/t33-,35?,36?,37?,38?,41?,42?,43?/m1/s1. The molecule has 0 heterocycles. The Morgan fingerprint density at radius 2 is 1.60 bits per heavy atom. The van der Waals surface area contributed by atoms with Crippen molar-refractivity contribution in [3.63, 3.8) is 0 Å². The predicted molar refractivity (Wildman–Crippen MR) is 207 cm³/mol. The van der Waals surface area contributed by atoms with Gasteiger partial charge in [0.1, 0.15) is 6.10 Å². The Labute approximate surface area is 307 Å². The number of nitrogens with zero attached hydrogens (tertiary/aromatic N) is 1. The molecular formula is C43H78N4O3. The van der Waals surface area contributed by atoms with Gasteiger partial charge < -0.3 is 26.4 Å². The highest BCUT2D eigenvalue weighted by molar-refractivity contribution is 5.76. The first-order valence-corrected chi connectivity index (χ1v) is 21.3. The number of unbranched alkanes of at least 4 members (excludes halogenated alkanes) is 2. The lowest BCUT2D eigenvalue weighted by Gasteiger charge is -2.60. The zero-order valence-corrected chi connectivity index (χ0v) is 33.1. The van der Waals surface area contributed by atoms with Crippen LogP contribution in [0.25, 0.3) is 0 Å². The summed E-state index contributed by atoms with van der Waals surface area (Å²) in [5, 5.41) is 3.41. The number of nitrogens with two attached hydrogens (primary N) is 2. The molecule has 0 radical (unpaired) electrons. The molecule has 50 heavy (non-hydrogen) atoms. The summed E-state index contributed by atoms with van der Waals surface area (Å²) in [6, 6.07) is 0. The third-order valence-corrected chi connectivity index (χ3v) is 13.9. The number of esters is 1. The van der Waals surface area contributed by atoms with Crippen LogP contribution in [0, 0.1) is 46.3 Å². The van der Waals surface area contributed by atoms with Crippen molar-refractivity contribution < 1.29 is 14.3 Å². The topological polar surface area (TPSA) is 111 Å². The summed E-state index contributed by atoms with van der Waals surface area (Å²) in [7, 11) is 0. The summed E-state index contributed by atoms with van der Waals surface area (Å²) in [5.74, 6) is 4.71. The van der Waals surface area contributed by atoms with Gasteiger partial charge in [-0.1, -0.05) is 72.0 Å². The second-order valence-electron chi connectivity index (χ2n) is 18.0. The average molecular weight is 699 g/mol. The van der Waals surface area contributed by atoms with Crippen molar-refractivity contribution in [3.05, 3.63) is 11.6 Å². The van der Waals surface area contributed by atoms with Crippen molar-refractivity contribution in [1.29, 1.82) is 0 Å². The molecule has 4 aliphatic rings. The van der Waals surface area contributed by atoms with Crippen molar-refractivity contribution >= 4 is 11.9 Å². The van der Waals surface area contributed by atoms with Gasteiger partial charge >= 0.3 is 5.97 Å². The van der Waals surface area contributed by atoms with Crippen LogP contribution in [0.5, 0.6) is 0 Å². The zero-order chi connectivity index (χ0) is 36.1. The molecule has 8 atom stereocenters. The van der Waals surface area contributed by atoms with Gasteiger partial charge in [-0.3, -0.25) is 9.59 Å². The van der Waals surface area contributed by atoms with Gasteiger partial charge in [-0.05, 0) is 150 Å². The molecule has 7 unspecified atom stereocenters. The number of carbonyl (C=O) groups is 2. The summed E-state index contributed by atoms with van der Waals surface area (Å²) < 4.78 is 6.20. The van der Waals surface area contributed by atoms with E-state index in [4.69, 9.17) is 16.2 Å². The van der Waals surface area contributed by atoms with Gasteiger partial charge in [0.05, 0.1) is 0 Å². The molecule has 7 heteroatoms. The maximum absolute atomic E-state index is 13.1. The molecule has 288 valence electrons. The average Bonchev–Trinajstić information content (AvgIpc) is 3.49. The third kappa shape index (κ3) is 11.0. The van der Waals surface area contributed by atoms with Crippen LogP contribution >= 0.6 is 0 Å². The highest BCUT2D eigenvalue weighted by Crippen LogP contribution is 2.67. The summed E-state index contributed by atoms with van der Waals surface area (Å²) in [6.45, 7) is 17.2. The number of carbonyl (C=O) groups excluding carboxylic acids is 2. The van der Waals surface area contributed by atoms with Crippen LogP contribution in [-0.2, 0) is 14.3 Å². The lowest BCUT2D eigenvalue weighted by Crippen LogP contribution is -2.53. The Morgan fingerprint density at radius 1 is 0.860 bits per heavy atom. The van der Waals surface area contributed by atoms with E-state index in [-0.39, 0.29) is 23.4 Å². The molecule has 7 nitrogen and oxygen atoms in total. The fourth-order valence-electron chi connectivity index (χ4n) is 10.9. The molecule has 3 fully saturated rings. The SMILES string of the molecule is CC(C)CCC[C@@H](C)C1C=C2CC(OC(=O)CCCCC(=O)N(CCCN)CCCCNCCCN)CCC2(C)C2CCC3(C)CCCC3C12. The van der Waals surface area contributed by atoms with E-state index in [1.165, 1.54) is 51.4 Å². The van der Waals surface area contributed by atoms with Gasteiger partial charge in [0.2, 0.25) is 5.91 Å². The molecule has 0 aromatic carbocycles. The molecule has 0 aromatic heterocycles. The number of hydrogen-bond donors (Lipinski definition) is 3. The number of allylic oxidation sites excluding steroid dienone is 1. The highest BCUT2D eigenvalue weighted by Gasteiger charge is 2.59. The smallest absolute Gasteiger partial charge is 0.306 e. The summed E-state index contributed by atoms with van der Waals surface area (Å²) in [4.78, 5) is 28.1. The van der Waals surface area contributed by atoms with Crippen LogP contribution in [-0.4, -0.2) is 62.1 Å². The lowest BCUT2D eigenvalue weighted by molar-refractivity contribution is -0.152. The highest BCUT2D eigenvalue weighted by atomic mass is 16.5. The van der Waals surface area contributed by atoms with Gasteiger partial charge in [0.15, 0.2) is 0 Å². The molecule has 0 bridgehead atoms. The first-order chi connectivity index (χ1) is 24.0. The van der Waals surface area contributed by atoms with Crippen molar-refractivity contribution in [3.8, 4) is 0 Å². The summed E-state index contributed by atoms with van der Waals surface area (Å²) in [6.07, 6.45) is 23.0. The summed E-state index contributed by atoms with van der Waals surface area (Å²) in [5.41, 5.74) is 13.7. The molecular weight excluding hydrogens is 620 g/mol. The maximum Gasteiger partial charge on any atom is 0.306 e. The Balaban J connectivity index is 1.28. The molecule has 4 aliphatic carbocycles. The minimum absolute atomic E-state index is 0.00575. The second kappa shape index (κ2) is 20.1.